The molecule has 2 nitrogen and oxygen atoms in total. The molecule has 0 unspecified atom stereocenters. The summed E-state index contributed by atoms with van der Waals surface area (Å²) >= 11 is 0. The first-order valence-electron chi connectivity index (χ1n) is 10.4. The van der Waals surface area contributed by atoms with Crippen LogP contribution >= 0.6 is 0 Å². The maximum Gasteiger partial charge on any atom is 0.303 e. The maximum absolute atomic E-state index is 10.4. The van der Waals surface area contributed by atoms with Crippen LogP contribution in [-0.2, 0) is 4.79 Å². The van der Waals surface area contributed by atoms with Gasteiger partial charge in [0, 0.05) is 6.42 Å². The van der Waals surface area contributed by atoms with Crippen LogP contribution in [0.4, 0.5) is 0 Å². The van der Waals surface area contributed by atoms with Gasteiger partial charge in [-0.2, -0.15) is 0 Å². The molecule has 0 heterocycles. The van der Waals surface area contributed by atoms with Crippen LogP contribution in [-0.4, -0.2) is 11.1 Å². The Morgan fingerprint density at radius 1 is 0.640 bits per heavy atom. The lowest BCUT2D eigenvalue weighted by molar-refractivity contribution is -0.137. The number of allylic oxidation sites excluding steroid dienone is 6. The average molecular weight is 349 g/mol. The third-order valence-electron chi connectivity index (χ3n) is 4.29. The molecule has 0 aromatic rings. The highest BCUT2D eigenvalue weighted by atomic mass is 16.4. The summed E-state index contributed by atoms with van der Waals surface area (Å²) in [5.41, 5.74) is 0. The number of carbonyl (C=O) groups is 1. The van der Waals surface area contributed by atoms with E-state index in [1.807, 2.05) is 0 Å². The molecule has 0 aliphatic carbocycles. The van der Waals surface area contributed by atoms with Crippen LogP contribution in [0.2, 0.25) is 0 Å². The van der Waals surface area contributed by atoms with E-state index in [0.29, 0.717) is 6.42 Å². The van der Waals surface area contributed by atoms with E-state index < -0.39 is 5.97 Å². The zero-order valence-electron chi connectivity index (χ0n) is 16.4. The lowest BCUT2D eigenvalue weighted by Crippen LogP contribution is -1.93. The van der Waals surface area contributed by atoms with Gasteiger partial charge in [0.1, 0.15) is 0 Å². The van der Waals surface area contributed by atoms with Gasteiger partial charge in [-0.15, -0.1) is 0 Å². The predicted molar refractivity (Wildman–Crippen MR) is 110 cm³/mol. The number of rotatable bonds is 18. The Morgan fingerprint density at radius 3 is 1.60 bits per heavy atom. The van der Waals surface area contributed by atoms with Gasteiger partial charge in [0.15, 0.2) is 0 Å². The third-order valence-corrected chi connectivity index (χ3v) is 4.29. The highest BCUT2D eigenvalue weighted by Gasteiger charge is 1.96. The number of aliphatic carboxylic acids is 1. The molecule has 144 valence electrons. The minimum atomic E-state index is -0.661. The Kier molecular flexibility index (Phi) is 19.6. The first-order chi connectivity index (χ1) is 12.3. The van der Waals surface area contributed by atoms with Gasteiger partial charge in [-0.1, -0.05) is 94.7 Å². The maximum atomic E-state index is 10.4. The monoisotopic (exact) mass is 348 g/mol. The summed E-state index contributed by atoms with van der Waals surface area (Å²) < 4.78 is 0. The Balaban J connectivity index is 3.17. The third kappa shape index (κ3) is 22.7. The fraction of sp³-hybridized carbons (Fsp3) is 0.696. The van der Waals surface area contributed by atoms with Crippen molar-refractivity contribution in [3.63, 3.8) is 0 Å². The highest BCUT2D eigenvalue weighted by Crippen LogP contribution is 2.12. The van der Waals surface area contributed by atoms with Crippen molar-refractivity contribution >= 4 is 5.97 Å². The minimum Gasteiger partial charge on any atom is -0.481 e. The molecule has 0 saturated heterocycles. The smallest absolute Gasteiger partial charge is 0.303 e. The van der Waals surface area contributed by atoms with Crippen molar-refractivity contribution in [2.45, 2.75) is 103 Å². The fourth-order valence-electron chi connectivity index (χ4n) is 2.78. The largest absolute Gasteiger partial charge is 0.481 e. The molecule has 1 N–H and O–H groups in total. The van der Waals surface area contributed by atoms with Gasteiger partial charge in [-0.05, 0) is 38.5 Å². The molecule has 0 aromatic carbocycles. The summed E-state index contributed by atoms with van der Waals surface area (Å²) in [7, 11) is 0. The van der Waals surface area contributed by atoms with Crippen molar-refractivity contribution in [1.82, 2.24) is 0 Å². The number of hydrogen-bond donors (Lipinski definition) is 1. The normalized spacial score (nSPS) is 12.0. The molecule has 25 heavy (non-hydrogen) atoms. The second-order valence-electron chi connectivity index (χ2n) is 6.76. The summed E-state index contributed by atoms with van der Waals surface area (Å²) in [4.78, 5) is 10.4. The van der Waals surface area contributed by atoms with E-state index in [4.69, 9.17) is 5.11 Å². The van der Waals surface area contributed by atoms with Gasteiger partial charge in [-0.3, -0.25) is 4.79 Å². The zero-order chi connectivity index (χ0) is 18.4. The standard InChI is InChI=1S/C23H40O2/c1-2-3-4-5-6-7-8-9-10-11-12-13-14-15-16-17-18-19-20-21-22-23(24)25/h3-4,6-7,9-10H,2,5,8,11-22H2,1H3,(H,24,25). The van der Waals surface area contributed by atoms with Crippen LogP contribution in [0.15, 0.2) is 36.5 Å². The molecule has 0 amide bonds. The SMILES string of the molecule is CCC=CCC=CCC=CCCCCCCCCCCCCC(=O)O. The summed E-state index contributed by atoms with van der Waals surface area (Å²) in [6.45, 7) is 2.16. The van der Waals surface area contributed by atoms with Crippen molar-refractivity contribution in [3.8, 4) is 0 Å². The molecule has 0 aromatic heterocycles. The van der Waals surface area contributed by atoms with E-state index in [9.17, 15) is 4.79 Å². The van der Waals surface area contributed by atoms with Crippen molar-refractivity contribution in [3.05, 3.63) is 36.5 Å². The van der Waals surface area contributed by atoms with E-state index in [-0.39, 0.29) is 0 Å². The van der Waals surface area contributed by atoms with Crippen LogP contribution in [0.25, 0.3) is 0 Å². The lowest BCUT2D eigenvalue weighted by atomic mass is 10.1. The number of hydrogen-bond acceptors (Lipinski definition) is 1. The molecule has 0 saturated carbocycles. The summed E-state index contributed by atoms with van der Waals surface area (Å²) in [6, 6.07) is 0. The molecule has 0 aliphatic heterocycles. The Morgan fingerprint density at radius 2 is 1.08 bits per heavy atom. The number of carboxylic acid groups (broad SMARTS) is 1. The molecule has 2 heteroatoms. The van der Waals surface area contributed by atoms with Crippen LogP contribution in [0.3, 0.4) is 0 Å². The van der Waals surface area contributed by atoms with Crippen LogP contribution in [0.5, 0.6) is 0 Å². The minimum absolute atomic E-state index is 0.334. The van der Waals surface area contributed by atoms with E-state index in [1.54, 1.807) is 0 Å². The average Bonchev–Trinajstić information content (AvgIpc) is 2.60. The first kappa shape index (κ1) is 23.7. The fourth-order valence-corrected chi connectivity index (χ4v) is 2.78. The van der Waals surface area contributed by atoms with Gasteiger partial charge in [0.05, 0.1) is 0 Å². The topological polar surface area (TPSA) is 37.3 Å². The summed E-state index contributed by atoms with van der Waals surface area (Å²) in [6.07, 6.45) is 30.7. The van der Waals surface area contributed by atoms with Crippen LogP contribution < -0.4 is 0 Å². The van der Waals surface area contributed by atoms with E-state index >= 15 is 0 Å². The van der Waals surface area contributed by atoms with Gasteiger partial charge < -0.3 is 5.11 Å². The van der Waals surface area contributed by atoms with Gasteiger partial charge >= 0.3 is 5.97 Å². The molecule has 0 fully saturated rings. The second kappa shape index (κ2) is 20.7. The number of carboxylic acids is 1. The first-order valence-corrected chi connectivity index (χ1v) is 10.4. The highest BCUT2D eigenvalue weighted by molar-refractivity contribution is 5.66. The van der Waals surface area contributed by atoms with Crippen LogP contribution in [0.1, 0.15) is 103 Å². The van der Waals surface area contributed by atoms with Gasteiger partial charge in [-0.25, -0.2) is 0 Å². The zero-order valence-corrected chi connectivity index (χ0v) is 16.4. The van der Waals surface area contributed by atoms with Gasteiger partial charge in [0.2, 0.25) is 0 Å². The van der Waals surface area contributed by atoms with E-state index in [2.05, 4.69) is 43.4 Å². The van der Waals surface area contributed by atoms with Crippen molar-refractivity contribution in [1.29, 1.82) is 0 Å². The van der Waals surface area contributed by atoms with Crippen molar-refractivity contribution in [2.24, 2.45) is 0 Å². The molecular formula is C23H40O2. The molecule has 0 radical (unpaired) electrons. The Hall–Kier alpha value is -1.31. The Labute approximate surface area is 156 Å². The molecule has 0 spiro atoms. The molecule has 0 bridgehead atoms. The summed E-state index contributed by atoms with van der Waals surface area (Å²) in [5, 5.41) is 8.56. The summed E-state index contributed by atoms with van der Waals surface area (Å²) in [5.74, 6) is -0.661. The van der Waals surface area contributed by atoms with E-state index in [1.165, 1.54) is 57.8 Å². The lowest BCUT2D eigenvalue weighted by Gasteiger charge is -2.01. The van der Waals surface area contributed by atoms with E-state index in [0.717, 1.165) is 32.1 Å². The van der Waals surface area contributed by atoms with Crippen LogP contribution in [0, 0.1) is 0 Å². The Bertz CT molecular complexity index is 366. The second-order valence-corrected chi connectivity index (χ2v) is 6.76. The van der Waals surface area contributed by atoms with Gasteiger partial charge in [0.25, 0.3) is 0 Å². The predicted octanol–water partition coefficient (Wildman–Crippen LogP) is 7.61. The quantitative estimate of drug-likeness (QED) is 0.204. The molecule has 0 aliphatic rings. The molecule has 0 atom stereocenters. The van der Waals surface area contributed by atoms with Crippen molar-refractivity contribution in [2.75, 3.05) is 0 Å². The molecular weight excluding hydrogens is 308 g/mol. The van der Waals surface area contributed by atoms with Crippen molar-refractivity contribution < 1.29 is 9.90 Å². The number of unbranched alkanes of at least 4 members (excludes halogenated alkanes) is 10. The molecule has 0 rings (SSSR count).